The molecule has 150 valence electrons. The highest BCUT2D eigenvalue weighted by atomic mass is 19.1. The molecule has 0 radical (unpaired) electrons. The van der Waals surface area contributed by atoms with Gasteiger partial charge in [-0.15, -0.1) is 0 Å². The number of nitrogens with one attached hydrogen (secondary N) is 2. The summed E-state index contributed by atoms with van der Waals surface area (Å²) in [5.74, 6) is -1.80. The third kappa shape index (κ3) is 7.40. The van der Waals surface area contributed by atoms with Crippen LogP contribution in [0.5, 0.6) is 5.75 Å². The topological polar surface area (TPSA) is 76.7 Å². The number of ether oxygens (including phenoxy) is 2. The van der Waals surface area contributed by atoms with E-state index < -0.39 is 11.6 Å². The summed E-state index contributed by atoms with van der Waals surface area (Å²) in [6, 6.07) is 3.02. The minimum Gasteiger partial charge on any atom is -0.491 e. The molecule has 0 aliphatic heterocycles. The second-order valence-corrected chi connectivity index (χ2v) is 6.49. The molecule has 1 aromatic carbocycles. The molecule has 0 atom stereocenters. The molecule has 0 aromatic heterocycles. The molecule has 1 aliphatic rings. The summed E-state index contributed by atoms with van der Waals surface area (Å²) in [6.07, 6.45) is 3.36. The zero-order chi connectivity index (χ0) is 19.6. The van der Waals surface area contributed by atoms with E-state index in [1.807, 2.05) is 6.92 Å². The van der Waals surface area contributed by atoms with Crippen molar-refractivity contribution in [3.8, 4) is 5.75 Å². The van der Waals surface area contributed by atoms with E-state index >= 15 is 0 Å². The van der Waals surface area contributed by atoms with Gasteiger partial charge in [0.15, 0.2) is 11.6 Å². The quantitative estimate of drug-likeness (QED) is 0.533. The van der Waals surface area contributed by atoms with Gasteiger partial charge in [-0.25, -0.2) is 13.6 Å². The maximum absolute atomic E-state index is 13.4. The monoisotopic (exact) mass is 384 g/mol. The normalized spacial score (nSPS) is 19.2. The van der Waals surface area contributed by atoms with Crippen LogP contribution in [0.1, 0.15) is 45.4 Å². The summed E-state index contributed by atoms with van der Waals surface area (Å²) in [4.78, 5) is 23.4. The van der Waals surface area contributed by atoms with Gasteiger partial charge < -0.3 is 20.1 Å². The molecule has 0 saturated heterocycles. The molecule has 1 fully saturated rings. The lowest BCUT2D eigenvalue weighted by Gasteiger charge is -2.28. The van der Waals surface area contributed by atoms with Crippen LogP contribution in [0.15, 0.2) is 18.2 Å². The maximum atomic E-state index is 13.4. The Bertz CT molecular complexity index is 634. The summed E-state index contributed by atoms with van der Waals surface area (Å²) in [7, 11) is 0. The first-order valence-corrected chi connectivity index (χ1v) is 9.29. The molecule has 6 nitrogen and oxygen atoms in total. The van der Waals surface area contributed by atoms with E-state index in [1.165, 1.54) is 6.07 Å². The predicted molar refractivity (Wildman–Crippen MR) is 95.4 cm³/mol. The van der Waals surface area contributed by atoms with Crippen molar-refractivity contribution in [2.75, 3.05) is 13.2 Å². The van der Waals surface area contributed by atoms with Crippen LogP contribution in [0.2, 0.25) is 0 Å². The Labute approximate surface area is 157 Å². The van der Waals surface area contributed by atoms with Gasteiger partial charge in [0.2, 0.25) is 0 Å². The molecule has 2 rings (SSSR count). The SMILES string of the molecule is CCNC(=O)NC1CCC(OC(=O)CCCOc2ccc(F)cc2F)CC1. The van der Waals surface area contributed by atoms with Crippen LogP contribution in [0.3, 0.4) is 0 Å². The zero-order valence-corrected chi connectivity index (χ0v) is 15.4. The van der Waals surface area contributed by atoms with Crippen LogP contribution in [0.25, 0.3) is 0 Å². The summed E-state index contributed by atoms with van der Waals surface area (Å²) < 4.78 is 36.9. The van der Waals surface area contributed by atoms with Crippen LogP contribution < -0.4 is 15.4 Å². The van der Waals surface area contributed by atoms with E-state index in [0.29, 0.717) is 25.8 Å². The summed E-state index contributed by atoms with van der Waals surface area (Å²) in [5, 5.41) is 5.59. The molecule has 1 aliphatic carbocycles. The average Bonchev–Trinajstić information content (AvgIpc) is 2.62. The van der Waals surface area contributed by atoms with E-state index in [1.54, 1.807) is 0 Å². The van der Waals surface area contributed by atoms with Crippen molar-refractivity contribution in [2.45, 2.75) is 57.6 Å². The first kappa shape index (κ1) is 20.9. The van der Waals surface area contributed by atoms with Crippen molar-refractivity contribution in [3.63, 3.8) is 0 Å². The van der Waals surface area contributed by atoms with Crippen molar-refractivity contribution in [1.82, 2.24) is 10.6 Å². The fraction of sp³-hybridized carbons (Fsp3) is 0.579. The predicted octanol–water partition coefficient (Wildman–Crippen LogP) is 3.30. The Balaban J connectivity index is 1.59. The van der Waals surface area contributed by atoms with Gasteiger partial charge in [-0.2, -0.15) is 0 Å². The van der Waals surface area contributed by atoms with Gasteiger partial charge in [-0.3, -0.25) is 4.79 Å². The van der Waals surface area contributed by atoms with Crippen LogP contribution in [0, 0.1) is 11.6 Å². The van der Waals surface area contributed by atoms with Gasteiger partial charge in [-0.05, 0) is 51.2 Å². The highest BCUT2D eigenvalue weighted by molar-refractivity contribution is 5.74. The van der Waals surface area contributed by atoms with Crippen molar-refractivity contribution < 1.29 is 27.8 Å². The van der Waals surface area contributed by atoms with Crippen LogP contribution in [0.4, 0.5) is 13.6 Å². The third-order valence-electron chi connectivity index (χ3n) is 4.32. The van der Waals surface area contributed by atoms with Gasteiger partial charge in [0.05, 0.1) is 6.61 Å². The lowest BCUT2D eigenvalue weighted by Crippen LogP contribution is -2.44. The van der Waals surface area contributed by atoms with E-state index in [4.69, 9.17) is 9.47 Å². The van der Waals surface area contributed by atoms with Crippen molar-refractivity contribution in [2.24, 2.45) is 0 Å². The molecule has 8 heteroatoms. The van der Waals surface area contributed by atoms with Crippen molar-refractivity contribution in [1.29, 1.82) is 0 Å². The summed E-state index contributed by atoms with van der Waals surface area (Å²) in [6.45, 7) is 2.58. The van der Waals surface area contributed by atoms with Gasteiger partial charge in [-0.1, -0.05) is 0 Å². The molecule has 2 N–H and O–H groups in total. The fourth-order valence-electron chi connectivity index (χ4n) is 2.96. The average molecular weight is 384 g/mol. The smallest absolute Gasteiger partial charge is 0.314 e. The number of urea groups is 1. The van der Waals surface area contributed by atoms with Crippen molar-refractivity contribution >= 4 is 12.0 Å². The molecule has 1 aromatic rings. The molecule has 2 amide bonds. The first-order valence-electron chi connectivity index (χ1n) is 9.29. The standard InChI is InChI=1S/C19H26F2N2O4/c1-2-22-19(25)23-14-6-8-15(9-7-14)27-18(24)4-3-11-26-17-10-5-13(20)12-16(17)21/h5,10,12,14-15H,2-4,6-9,11H2,1H3,(H2,22,23,25). The minimum absolute atomic E-state index is 0.0392. The molecular weight excluding hydrogens is 358 g/mol. The number of hydrogen-bond acceptors (Lipinski definition) is 4. The Hall–Kier alpha value is -2.38. The number of benzene rings is 1. The minimum atomic E-state index is -0.768. The van der Waals surface area contributed by atoms with Crippen molar-refractivity contribution in [3.05, 3.63) is 29.8 Å². The van der Waals surface area contributed by atoms with Gasteiger partial charge in [0.25, 0.3) is 0 Å². The Morgan fingerprint density at radius 2 is 1.93 bits per heavy atom. The largest absolute Gasteiger partial charge is 0.491 e. The van der Waals surface area contributed by atoms with Crippen LogP contribution in [-0.4, -0.2) is 37.3 Å². The third-order valence-corrected chi connectivity index (χ3v) is 4.32. The number of amides is 2. The lowest BCUT2D eigenvalue weighted by atomic mass is 9.93. The molecule has 0 heterocycles. The summed E-state index contributed by atoms with van der Waals surface area (Å²) in [5.41, 5.74) is 0. The van der Waals surface area contributed by atoms with E-state index in [0.717, 1.165) is 25.0 Å². The number of carbonyl (C=O) groups excluding carboxylic acids is 2. The number of rotatable bonds is 8. The molecule has 1 saturated carbocycles. The fourth-order valence-corrected chi connectivity index (χ4v) is 2.96. The highest BCUT2D eigenvalue weighted by Gasteiger charge is 2.24. The highest BCUT2D eigenvalue weighted by Crippen LogP contribution is 2.22. The molecule has 0 unspecified atom stereocenters. The van der Waals surface area contributed by atoms with E-state index in [9.17, 15) is 18.4 Å². The Kier molecular flexibility index (Phi) is 8.29. The van der Waals surface area contributed by atoms with Gasteiger partial charge >= 0.3 is 12.0 Å². The molecular formula is C19H26F2N2O4. The maximum Gasteiger partial charge on any atom is 0.314 e. The van der Waals surface area contributed by atoms with Gasteiger partial charge in [0, 0.05) is 25.1 Å². The summed E-state index contributed by atoms with van der Waals surface area (Å²) >= 11 is 0. The van der Waals surface area contributed by atoms with Gasteiger partial charge in [0.1, 0.15) is 11.9 Å². The lowest BCUT2D eigenvalue weighted by molar-refractivity contribution is -0.151. The second-order valence-electron chi connectivity index (χ2n) is 6.49. The number of esters is 1. The number of carbonyl (C=O) groups is 2. The first-order chi connectivity index (χ1) is 13.0. The zero-order valence-electron chi connectivity index (χ0n) is 15.4. The Morgan fingerprint density at radius 1 is 1.19 bits per heavy atom. The van der Waals surface area contributed by atoms with Crippen LogP contribution in [-0.2, 0) is 9.53 Å². The van der Waals surface area contributed by atoms with E-state index in [-0.39, 0.29) is 42.9 Å². The molecule has 27 heavy (non-hydrogen) atoms. The van der Waals surface area contributed by atoms with E-state index in [2.05, 4.69) is 10.6 Å². The number of halogens is 2. The molecule has 0 spiro atoms. The number of hydrogen-bond donors (Lipinski definition) is 2. The Morgan fingerprint density at radius 3 is 2.59 bits per heavy atom. The molecule has 0 bridgehead atoms. The second kappa shape index (κ2) is 10.7. The van der Waals surface area contributed by atoms with Crippen LogP contribution >= 0.6 is 0 Å².